The quantitative estimate of drug-likeness (QED) is 0.829. The van der Waals surface area contributed by atoms with Crippen molar-refractivity contribution in [2.24, 2.45) is 0 Å². The summed E-state index contributed by atoms with van der Waals surface area (Å²) in [5, 5.41) is 9.73. The summed E-state index contributed by atoms with van der Waals surface area (Å²) in [6.07, 6.45) is 0.507. The zero-order chi connectivity index (χ0) is 18.4. The molecule has 0 aromatic heterocycles. The number of rotatable bonds is 7. The number of piperazine rings is 1. The van der Waals surface area contributed by atoms with Crippen LogP contribution in [0.4, 0.5) is 5.69 Å². The van der Waals surface area contributed by atoms with E-state index in [1.165, 1.54) is 5.69 Å². The van der Waals surface area contributed by atoms with E-state index in [0.29, 0.717) is 13.0 Å². The minimum absolute atomic E-state index is 0.495. The number of ether oxygens (including phenoxy) is 1. The van der Waals surface area contributed by atoms with Gasteiger partial charge in [0.1, 0.15) is 11.8 Å². The number of carboxylic acids is 1. The van der Waals surface area contributed by atoms with Gasteiger partial charge in [-0.05, 0) is 43.2 Å². The van der Waals surface area contributed by atoms with E-state index in [-0.39, 0.29) is 0 Å². The van der Waals surface area contributed by atoms with Gasteiger partial charge in [0.15, 0.2) is 0 Å². The fourth-order valence-corrected chi connectivity index (χ4v) is 3.41. The van der Waals surface area contributed by atoms with E-state index in [4.69, 9.17) is 4.74 Å². The van der Waals surface area contributed by atoms with E-state index < -0.39 is 12.0 Å². The Bertz CT molecular complexity index is 695. The second kappa shape index (κ2) is 8.72. The van der Waals surface area contributed by atoms with Gasteiger partial charge in [-0.2, -0.15) is 0 Å². The van der Waals surface area contributed by atoms with Crippen LogP contribution in [0.25, 0.3) is 0 Å². The summed E-state index contributed by atoms with van der Waals surface area (Å²) in [5.74, 6) is 0.0617. The van der Waals surface area contributed by atoms with E-state index in [0.717, 1.165) is 37.5 Å². The Morgan fingerprint density at radius 3 is 2.27 bits per heavy atom. The molecule has 1 aliphatic rings. The van der Waals surface area contributed by atoms with Crippen LogP contribution in [0.1, 0.15) is 12.5 Å². The number of nitrogens with zero attached hydrogens (tertiary/aromatic N) is 2. The molecule has 1 fully saturated rings. The summed E-state index contributed by atoms with van der Waals surface area (Å²) >= 11 is 0. The molecule has 2 aromatic carbocycles. The molecule has 2 aromatic rings. The molecule has 1 N–H and O–H groups in total. The Morgan fingerprint density at radius 1 is 1.04 bits per heavy atom. The van der Waals surface area contributed by atoms with E-state index >= 15 is 0 Å². The van der Waals surface area contributed by atoms with E-state index in [9.17, 15) is 9.90 Å². The lowest BCUT2D eigenvalue weighted by atomic mass is 10.0. The van der Waals surface area contributed by atoms with Gasteiger partial charge < -0.3 is 14.7 Å². The standard InChI is InChI=1S/C21H26N2O3/c1-2-26-19-10-8-17(9-11-19)16-20(21(24)25)23-14-12-22(13-15-23)18-6-4-3-5-7-18/h3-11,20H,2,12-16H2,1H3,(H,24,25). The van der Waals surface area contributed by atoms with Crippen molar-refractivity contribution in [2.75, 3.05) is 37.7 Å². The van der Waals surface area contributed by atoms with E-state index in [2.05, 4.69) is 21.9 Å². The monoisotopic (exact) mass is 354 g/mol. The Morgan fingerprint density at radius 2 is 1.69 bits per heavy atom. The fourth-order valence-electron chi connectivity index (χ4n) is 3.41. The van der Waals surface area contributed by atoms with Crippen molar-refractivity contribution in [3.05, 3.63) is 60.2 Å². The number of hydrogen-bond acceptors (Lipinski definition) is 4. The molecule has 26 heavy (non-hydrogen) atoms. The highest BCUT2D eigenvalue weighted by Crippen LogP contribution is 2.19. The van der Waals surface area contributed by atoms with Crippen molar-refractivity contribution in [2.45, 2.75) is 19.4 Å². The molecule has 0 aliphatic carbocycles. The van der Waals surface area contributed by atoms with Crippen molar-refractivity contribution < 1.29 is 14.6 Å². The number of aliphatic carboxylic acids is 1. The van der Waals surface area contributed by atoms with Crippen molar-refractivity contribution in [3.63, 3.8) is 0 Å². The summed E-state index contributed by atoms with van der Waals surface area (Å²) in [4.78, 5) is 16.2. The molecule has 1 aliphatic heterocycles. The maximum Gasteiger partial charge on any atom is 0.321 e. The Hall–Kier alpha value is -2.53. The van der Waals surface area contributed by atoms with Crippen molar-refractivity contribution in [1.82, 2.24) is 4.90 Å². The van der Waals surface area contributed by atoms with Crippen LogP contribution in [-0.4, -0.2) is 54.8 Å². The molecular weight excluding hydrogens is 328 g/mol. The summed E-state index contributed by atoms with van der Waals surface area (Å²) in [6.45, 7) is 5.77. The van der Waals surface area contributed by atoms with Gasteiger partial charge in [0, 0.05) is 31.9 Å². The summed E-state index contributed by atoms with van der Waals surface area (Å²) < 4.78 is 5.45. The minimum atomic E-state index is -0.757. The fraction of sp³-hybridized carbons (Fsp3) is 0.381. The Balaban J connectivity index is 1.61. The molecule has 0 spiro atoms. The van der Waals surface area contributed by atoms with Gasteiger partial charge in [-0.15, -0.1) is 0 Å². The predicted octanol–water partition coefficient (Wildman–Crippen LogP) is 2.90. The molecule has 5 nitrogen and oxygen atoms in total. The lowest BCUT2D eigenvalue weighted by Gasteiger charge is -2.38. The van der Waals surface area contributed by atoms with E-state index in [1.54, 1.807) is 0 Å². The second-order valence-corrected chi connectivity index (χ2v) is 6.49. The third-order valence-electron chi connectivity index (χ3n) is 4.82. The van der Waals surface area contributed by atoms with Crippen molar-refractivity contribution in [3.8, 4) is 5.75 Å². The molecule has 3 rings (SSSR count). The normalized spacial score (nSPS) is 16.3. The number of hydrogen-bond donors (Lipinski definition) is 1. The number of para-hydroxylation sites is 1. The van der Waals surface area contributed by atoms with Gasteiger partial charge in [0.2, 0.25) is 0 Å². The summed E-state index contributed by atoms with van der Waals surface area (Å²) in [7, 11) is 0. The highest BCUT2D eigenvalue weighted by atomic mass is 16.5. The first-order chi connectivity index (χ1) is 12.7. The van der Waals surface area contributed by atoms with Gasteiger partial charge in [0.25, 0.3) is 0 Å². The van der Waals surface area contributed by atoms with Crippen LogP contribution < -0.4 is 9.64 Å². The van der Waals surface area contributed by atoms with Crippen LogP contribution in [0, 0.1) is 0 Å². The number of carbonyl (C=O) groups is 1. The van der Waals surface area contributed by atoms with Crippen LogP contribution in [0.5, 0.6) is 5.75 Å². The molecule has 0 radical (unpaired) electrons. The third-order valence-corrected chi connectivity index (χ3v) is 4.82. The third kappa shape index (κ3) is 4.55. The lowest BCUT2D eigenvalue weighted by Crippen LogP contribution is -2.53. The number of carboxylic acid groups (broad SMARTS) is 1. The number of benzene rings is 2. The average Bonchev–Trinajstić information content (AvgIpc) is 2.68. The summed E-state index contributed by atoms with van der Waals surface area (Å²) in [5.41, 5.74) is 2.22. The van der Waals surface area contributed by atoms with Gasteiger partial charge in [0.05, 0.1) is 6.61 Å². The molecular formula is C21H26N2O3. The Kier molecular flexibility index (Phi) is 6.12. The molecule has 5 heteroatoms. The summed E-state index contributed by atoms with van der Waals surface area (Å²) in [6, 6.07) is 17.5. The highest BCUT2D eigenvalue weighted by Gasteiger charge is 2.29. The first-order valence-corrected chi connectivity index (χ1v) is 9.16. The lowest BCUT2D eigenvalue weighted by molar-refractivity contribution is -0.143. The SMILES string of the molecule is CCOc1ccc(CC(C(=O)O)N2CCN(c3ccccc3)CC2)cc1. The van der Waals surface area contributed by atoms with Crippen molar-refractivity contribution >= 4 is 11.7 Å². The van der Waals surface area contributed by atoms with Crippen LogP contribution in [0.2, 0.25) is 0 Å². The maximum absolute atomic E-state index is 11.8. The molecule has 0 saturated carbocycles. The first kappa shape index (κ1) is 18.3. The average molecular weight is 354 g/mol. The molecule has 1 unspecified atom stereocenters. The van der Waals surface area contributed by atoms with Gasteiger partial charge in [-0.25, -0.2) is 0 Å². The van der Waals surface area contributed by atoms with Crippen LogP contribution in [-0.2, 0) is 11.2 Å². The van der Waals surface area contributed by atoms with Gasteiger partial charge in [-0.3, -0.25) is 9.69 Å². The van der Waals surface area contributed by atoms with Gasteiger partial charge in [-0.1, -0.05) is 30.3 Å². The minimum Gasteiger partial charge on any atom is -0.494 e. The molecule has 1 heterocycles. The second-order valence-electron chi connectivity index (χ2n) is 6.49. The molecule has 0 amide bonds. The highest BCUT2D eigenvalue weighted by molar-refractivity contribution is 5.74. The topological polar surface area (TPSA) is 53.0 Å². The number of anilines is 1. The molecule has 1 saturated heterocycles. The molecule has 138 valence electrons. The predicted molar refractivity (Wildman–Crippen MR) is 103 cm³/mol. The maximum atomic E-state index is 11.8. The van der Waals surface area contributed by atoms with Gasteiger partial charge >= 0.3 is 5.97 Å². The van der Waals surface area contributed by atoms with Crippen molar-refractivity contribution in [1.29, 1.82) is 0 Å². The zero-order valence-corrected chi connectivity index (χ0v) is 15.2. The van der Waals surface area contributed by atoms with Crippen LogP contribution >= 0.6 is 0 Å². The van der Waals surface area contributed by atoms with E-state index in [1.807, 2.05) is 49.4 Å². The zero-order valence-electron chi connectivity index (χ0n) is 15.2. The largest absolute Gasteiger partial charge is 0.494 e. The van der Waals surface area contributed by atoms with Crippen LogP contribution in [0.3, 0.4) is 0 Å². The Labute approximate surface area is 154 Å². The molecule has 0 bridgehead atoms. The smallest absolute Gasteiger partial charge is 0.321 e. The van der Waals surface area contributed by atoms with Crippen LogP contribution in [0.15, 0.2) is 54.6 Å². The first-order valence-electron chi connectivity index (χ1n) is 9.16. The molecule has 1 atom stereocenters.